The predicted octanol–water partition coefficient (Wildman–Crippen LogP) is 6.01. The molecule has 3 N–H and O–H groups in total. The van der Waals surface area contributed by atoms with Crippen LogP contribution in [-0.4, -0.2) is 31.7 Å². The largest absolute Gasteiger partial charge is 0.436 e. The van der Waals surface area contributed by atoms with Crippen molar-refractivity contribution in [2.45, 2.75) is 121 Å². The minimum atomic E-state index is -4.23. The fraction of sp³-hybridized carbons (Fsp3) is 0.950. The molecule has 0 aliphatic rings. The van der Waals surface area contributed by atoms with Gasteiger partial charge in [0.1, 0.15) is 4.57 Å². The van der Waals surface area contributed by atoms with Crippen LogP contribution in [0.15, 0.2) is 0 Å². The number of hydrogen-bond acceptors (Lipinski definition) is 4. The van der Waals surface area contributed by atoms with Crippen LogP contribution < -0.4 is 0 Å². The second-order valence-electron chi connectivity index (χ2n) is 7.54. The molecule has 1 unspecified atom stereocenters. The predicted molar refractivity (Wildman–Crippen MR) is 116 cm³/mol. The molecule has 0 bridgehead atoms. The van der Waals surface area contributed by atoms with Gasteiger partial charge in [0.2, 0.25) is 6.29 Å². The molecule has 2 atom stereocenters. The van der Waals surface area contributed by atoms with Crippen molar-refractivity contribution in [3.8, 4) is 0 Å². The first-order chi connectivity index (χ1) is 13.3. The van der Waals surface area contributed by atoms with Crippen LogP contribution in [0.3, 0.4) is 0 Å². The minimum Gasteiger partial charge on any atom is -0.436 e. The maximum Gasteiger partial charge on any atom is 0.339 e. The van der Waals surface area contributed by atoms with Gasteiger partial charge in [-0.1, -0.05) is 99.9 Å². The van der Waals surface area contributed by atoms with E-state index in [1.165, 1.54) is 64.2 Å². The Morgan fingerprint density at radius 3 is 1.71 bits per heavy atom. The van der Waals surface area contributed by atoms with Crippen LogP contribution in [0.5, 0.6) is 0 Å². The molecule has 0 aromatic rings. The third-order valence-electron chi connectivity index (χ3n) is 4.77. The second kappa shape index (κ2) is 17.9. The van der Waals surface area contributed by atoms with Crippen molar-refractivity contribution < 1.29 is 29.0 Å². The number of alkyl halides is 1. The van der Waals surface area contributed by atoms with Gasteiger partial charge in [-0.3, -0.25) is 9.36 Å². The van der Waals surface area contributed by atoms with E-state index in [4.69, 9.17) is 14.5 Å². The number of carbonyl (C=O) groups is 1. The van der Waals surface area contributed by atoms with E-state index in [0.717, 1.165) is 19.3 Å². The highest BCUT2D eigenvalue weighted by molar-refractivity contribution is 9.10. The van der Waals surface area contributed by atoms with Crippen molar-refractivity contribution in [2.24, 2.45) is 0 Å². The molecule has 0 aromatic heterocycles. The van der Waals surface area contributed by atoms with Crippen LogP contribution in [0.2, 0.25) is 0 Å². The lowest BCUT2D eigenvalue weighted by molar-refractivity contribution is -0.168. The van der Waals surface area contributed by atoms with Crippen LogP contribution in [0.4, 0.5) is 0 Å². The quantitative estimate of drug-likeness (QED) is 0.0678. The maximum absolute atomic E-state index is 11.6. The molecular formula is C20H40BrO6P. The molecular weight excluding hydrogens is 447 g/mol. The summed E-state index contributed by atoms with van der Waals surface area (Å²) in [5.41, 5.74) is 0. The zero-order valence-corrected chi connectivity index (χ0v) is 19.8. The Hall–Kier alpha value is 0.0600. The molecule has 8 heteroatoms. The van der Waals surface area contributed by atoms with E-state index in [2.05, 4.69) is 22.9 Å². The fourth-order valence-electron chi connectivity index (χ4n) is 3.00. The summed E-state index contributed by atoms with van der Waals surface area (Å²) >= 11 is 2.88. The lowest BCUT2D eigenvalue weighted by atomic mass is 10.0. The molecule has 0 fully saturated rings. The molecule has 0 amide bonds. The summed E-state index contributed by atoms with van der Waals surface area (Å²) in [4.78, 5) is 29.5. The third-order valence-corrected chi connectivity index (χ3v) is 7.82. The third kappa shape index (κ3) is 18.1. The molecule has 0 spiro atoms. The summed E-state index contributed by atoms with van der Waals surface area (Å²) in [6.07, 6.45) is 15.0. The lowest BCUT2D eigenvalue weighted by Crippen LogP contribution is -2.18. The van der Waals surface area contributed by atoms with Crippen molar-refractivity contribution in [2.75, 3.05) is 0 Å². The number of aliphatic hydroxyl groups is 1. The molecule has 168 valence electrons. The van der Waals surface area contributed by atoms with E-state index in [9.17, 15) is 14.5 Å². The number of hydrogen-bond donors (Lipinski definition) is 3. The Labute approximate surface area is 179 Å². The van der Waals surface area contributed by atoms with Crippen LogP contribution in [0.1, 0.15) is 110 Å². The monoisotopic (exact) mass is 486 g/mol. The number of halogens is 1. The molecule has 0 aliphatic carbocycles. The number of ether oxygens (including phenoxy) is 1. The van der Waals surface area contributed by atoms with Gasteiger partial charge in [0.15, 0.2) is 0 Å². The summed E-state index contributed by atoms with van der Waals surface area (Å²) in [5, 5.41) is 9.62. The molecule has 0 saturated heterocycles. The molecule has 0 saturated carbocycles. The summed E-state index contributed by atoms with van der Waals surface area (Å²) in [6.45, 7) is 2.24. The number of unbranched alkanes of at least 4 members (excludes halogenated alkanes) is 12. The number of carbonyl (C=O) groups excluding carboxylic acids is 1. The van der Waals surface area contributed by atoms with E-state index < -0.39 is 24.4 Å². The number of aliphatic hydroxyl groups excluding tert-OH is 1. The SMILES string of the molecule is CCCCCCCCCCCCCCCC(=O)OC(O)CC[C@H](Br)P(=O)(O)O. The van der Waals surface area contributed by atoms with E-state index >= 15 is 0 Å². The van der Waals surface area contributed by atoms with E-state index in [1.54, 1.807) is 0 Å². The Morgan fingerprint density at radius 1 is 0.857 bits per heavy atom. The first kappa shape index (κ1) is 28.1. The lowest BCUT2D eigenvalue weighted by Gasteiger charge is -2.15. The molecule has 28 heavy (non-hydrogen) atoms. The average Bonchev–Trinajstić information content (AvgIpc) is 2.62. The van der Waals surface area contributed by atoms with Gasteiger partial charge in [0.05, 0.1) is 0 Å². The smallest absolute Gasteiger partial charge is 0.339 e. The minimum absolute atomic E-state index is 0.00856. The normalized spacial score (nSPS) is 14.0. The Morgan fingerprint density at radius 2 is 1.29 bits per heavy atom. The van der Waals surface area contributed by atoms with Crippen LogP contribution in [-0.2, 0) is 14.1 Å². The van der Waals surface area contributed by atoms with Crippen molar-refractivity contribution in [1.82, 2.24) is 0 Å². The maximum atomic E-state index is 11.6. The van der Waals surface area contributed by atoms with Gasteiger partial charge in [-0.15, -0.1) is 0 Å². The molecule has 6 nitrogen and oxygen atoms in total. The second-order valence-corrected chi connectivity index (χ2v) is 11.2. The highest BCUT2D eigenvalue weighted by atomic mass is 79.9. The fourth-order valence-corrected chi connectivity index (χ4v) is 3.75. The van der Waals surface area contributed by atoms with Gasteiger partial charge in [-0.05, 0) is 12.8 Å². The van der Waals surface area contributed by atoms with E-state index in [-0.39, 0.29) is 19.3 Å². The van der Waals surface area contributed by atoms with E-state index in [0.29, 0.717) is 0 Å². The molecule has 0 aliphatic heterocycles. The highest BCUT2D eigenvalue weighted by Gasteiger charge is 2.26. The molecule has 0 radical (unpaired) electrons. The van der Waals surface area contributed by atoms with Crippen LogP contribution in [0.25, 0.3) is 0 Å². The van der Waals surface area contributed by atoms with Crippen molar-refractivity contribution in [1.29, 1.82) is 0 Å². The average molecular weight is 487 g/mol. The van der Waals surface area contributed by atoms with Gasteiger partial charge >= 0.3 is 13.6 Å². The Kier molecular flexibility index (Phi) is 17.9. The zero-order valence-electron chi connectivity index (χ0n) is 17.4. The van der Waals surface area contributed by atoms with Gasteiger partial charge in [0.25, 0.3) is 0 Å². The van der Waals surface area contributed by atoms with Gasteiger partial charge in [-0.2, -0.15) is 0 Å². The van der Waals surface area contributed by atoms with Gasteiger partial charge in [0, 0.05) is 12.8 Å². The van der Waals surface area contributed by atoms with Gasteiger partial charge < -0.3 is 19.6 Å². The number of rotatable bonds is 19. The molecule has 0 rings (SSSR count). The first-order valence-corrected chi connectivity index (χ1v) is 13.4. The topological polar surface area (TPSA) is 104 Å². The summed E-state index contributed by atoms with van der Waals surface area (Å²) in [5.74, 6) is -0.460. The highest BCUT2D eigenvalue weighted by Crippen LogP contribution is 2.47. The summed E-state index contributed by atoms with van der Waals surface area (Å²) in [7, 11) is -4.23. The summed E-state index contributed by atoms with van der Waals surface area (Å²) in [6, 6.07) is 0. The van der Waals surface area contributed by atoms with Crippen molar-refractivity contribution in [3.63, 3.8) is 0 Å². The molecule has 0 heterocycles. The Bertz CT molecular complexity index is 429. The van der Waals surface area contributed by atoms with Crippen molar-refractivity contribution in [3.05, 3.63) is 0 Å². The van der Waals surface area contributed by atoms with E-state index in [1.807, 2.05) is 0 Å². The number of esters is 1. The standard InChI is InChI=1S/C20H40BrO6P/c1-2-3-4-5-6-7-8-9-10-11-12-13-14-15-19(22)27-20(23)17-16-18(21)28(24,25)26/h18,20,23H,2-17H2,1H3,(H2,24,25,26)/t18-,20?/m1/s1. The van der Waals surface area contributed by atoms with Crippen LogP contribution in [0, 0.1) is 0 Å². The van der Waals surface area contributed by atoms with Gasteiger partial charge in [-0.25, -0.2) is 0 Å². The summed E-state index contributed by atoms with van der Waals surface area (Å²) < 4.78 is 14.8. The molecule has 0 aromatic carbocycles. The zero-order chi connectivity index (χ0) is 21.3. The Balaban J connectivity index is 3.44. The van der Waals surface area contributed by atoms with Crippen LogP contribution >= 0.6 is 23.5 Å². The first-order valence-electron chi connectivity index (χ1n) is 10.8. The van der Waals surface area contributed by atoms with Crippen molar-refractivity contribution >= 4 is 29.5 Å².